The van der Waals surface area contributed by atoms with Gasteiger partial charge in [0.05, 0.1) is 0 Å². The van der Waals surface area contributed by atoms with Crippen molar-refractivity contribution in [1.29, 1.82) is 0 Å². The second-order valence-electron chi connectivity index (χ2n) is 2.18. The Hall–Kier alpha value is -0.160. The van der Waals surface area contributed by atoms with E-state index in [1.807, 2.05) is 20.0 Å². The second-order valence-corrected chi connectivity index (χ2v) is 2.85. The molecule has 9 heavy (non-hydrogen) atoms. The Balaban J connectivity index is 3.83. The van der Waals surface area contributed by atoms with Gasteiger partial charge in [-0.1, -0.05) is 21.7 Å². The van der Waals surface area contributed by atoms with E-state index in [1.165, 1.54) is 5.57 Å². The molecule has 0 saturated heterocycles. The summed E-state index contributed by atoms with van der Waals surface area (Å²) in [4.78, 5) is 4.16. The summed E-state index contributed by atoms with van der Waals surface area (Å²) < 4.78 is 0. The van der Waals surface area contributed by atoms with Crippen LogP contribution in [-0.2, 0) is 0 Å². The Morgan fingerprint density at radius 3 is 2.44 bits per heavy atom. The van der Waals surface area contributed by atoms with E-state index >= 15 is 0 Å². The summed E-state index contributed by atoms with van der Waals surface area (Å²) in [6, 6.07) is 0. The maximum Gasteiger partial charge on any atom is 0.0343 e. The molecule has 0 amide bonds. The van der Waals surface area contributed by atoms with Crippen molar-refractivity contribution in [1.82, 2.24) is 0 Å². The van der Waals surface area contributed by atoms with Gasteiger partial charge < -0.3 is 0 Å². The molecule has 52 valence electrons. The molecule has 0 aromatic heterocycles. The monoisotopic (exact) mass is 143 g/mol. The molecule has 0 aromatic rings. The van der Waals surface area contributed by atoms with Crippen LogP contribution < -0.4 is 0 Å². The van der Waals surface area contributed by atoms with Crippen molar-refractivity contribution in [2.45, 2.75) is 27.2 Å². The Labute approximate surface area is 59.5 Å². The summed E-state index contributed by atoms with van der Waals surface area (Å²) in [5.41, 5.74) is 2.35. The summed E-state index contributed by atoms with van der Waals surface area (Å²) in [6.45, 7) is 6.17. The van der Waals surface area contributed by atoms with E-state index in [2.05, 4.69) is 21.2 Å². The molecule has 0 bridgehead atoms. The maximum atomic E-state index is 4.16. The van der Waals surface area contributed by atoms with Crippen molar-refractivity contribution in [3.63, 3.8) is 0 Å². The van der Waals surface area contributed by atoms with Crippen LogP contribution in [0.3, 0.4) is 0 Å². The predicted octanol–water partition coefficient (Wildman–Crippen LogP) is 2.59. The van der Waals surface area contributed by atoms with Gasteiger partial charge in [-0.3, -0.25) is 4.99 Å². The zero-order valence-electron chi connectivity index (χ0n) is 6.31. The van der Waals surface area contributed by atoms with Gasteiger partial charge in [-0.2, -0.15) is 0 Å². The van der Waals surface area contributed by atoms with E-state index in [-0.39, 0.29) is 0 Å². The van der Waals surface area contributed by atoms with Gasteiger partial charge in [-0.15, -0.1) is 0 Å². The van der Waals surface area contributed by atoms with Crippen LogP contribution >= 0.6 is 9.24 Å². The van der Waals surface area contributed by atoms with Crippen molar-refractivity contribution in [3.05, 3.63) is 11.8 Å². The minimum absolute atomic E-state index is 1.01. The minimum Gasteiger partial charge on any atom is -0.262 e. The van der Waals surface area contributed by atoms with Crippen molar-refractivity contribution >= 4 is 14.7 Å². The maximum absolute atomic E-state index is 4.16. The van der Waals surface area contributed by atoms with Crippen LogP contribution in [0.5, 0.6) is 0 Å². The fourth-order valence-electron chi connectivity index (χ4n) is 0.303. The Morgan fingerprint density at radius 1 is 1.56 bits per heavy atom. The van der Waals surface area contributed by atoms with Crippen LogP contribution in [0, 0.1) is 0 Å². The molecule has 0 aliphatic rings. The van der Waals surface area contributed by atoms with E-state index in [4.69, 9.17) is 0 Å². The normalized spacial score (nSPS) is 11.3. The van der Waals surface area contributed by atoms with Gasteiger partial charge in [0.1, 0.15) is 0 Å². The van der Waals surface area contributed by atoms with E-state index in [1.54, 1.807) is 0 Å². The van der Waals surface area contributed by atoms with Gasteiger partial charge >= 0.3 is 0 Å². The topological polar surface area (TPSA) is 12.4 Å². The van der Waals surface area contributed by atoms with E-state index in [9.17, 15) is 0 Å². The molecular formula is C7H14NP. The first-order valence-electron chi connectivity index (χ1n) is 3.12. The van der Waals surface area contributed by atoms with Crippen LogP contribution in [0.2, 0.25) is 0 Å². The molecule has 0 radical (unpaired) electrons. The second kappa shape index (κ2) is 4.69. The molecule has 0 aliphatic carbocycles. The number of nitrogens with zero attached hydrogens (tertiary/aromatic N) is 1. The van der Waals surface area contributed by atoms with E-state index < -0.39 is 0 Å². The first kappa shape index (κ1) is 8.84. The van der Waals surface area contributed by atoms with E-state index in [0.717, 1.165) is 11.9 Å². The number of hydrogen-bond donors (Lipinski definition) is 0. The van der Waals surface area contributed by atoms with Gasteiger partial charge in [-0.05, 0) is 20.3 Å². The van der Waals surface area contributed by atoms with E-state index in [0.29, 0.717) is 0 Å². The average molecular weight is 143 g/mol. The summed E-state index contributed by atoms with van der Waals surface area (Å²) in [7, 11) is 2.61. The Kier molecular flexibility index (Phi) is 4.61. The molecule has 0 heterocycles. The highest BCUT2D eigenvalue weighted by molar-refractivity contribution is 7.40. The fourth-order valence-corrected chi connectivity index (χ4v) is 0.378. The zero-order valence-corrected chi connectivity index (χ0v) is 7.46. The molecular weight excluding hydrogens is 129 g/mol. The summed E-state index contributed by atoms with van der Waals surface area (Å²) in [5.74, 6) is 0. The van der Waals surface area contributed by atoms with Crippen molar-refractivity contribution in [2.75, 3.05) is 0 Å². The lowest BCUT2D eigenvalue weighted by Gasteiger charge is -1.89. The summed E-state index contributed by atoms with van der Waals surface area (Å²) in [6.07, 6.45) is 2.89. The Bertz CT molecular complexity index is 132. The zero-order chi connectivity index (χ0) is 7.28. The smallest absolute Gasteiger partial charge is 0.0343 e. The molecule has 0 aromatic carbocycles. The lowest BCUT2D eigenvalue weighted by molar-refractivity contribution is 1.28. The third-order valence-electron chi connectivity index (χ3n) is 0.851. The number of allylic oxidation sites excluding steroid dienone is 1. The first-order chi connectivity index (χ1) is 4.16. The van der Waals surface area contributed by atoms with Crippen LogP contribution in [0.15, 0.2) is 16.8 Å². The molecule has 0 aliphatic heterocycles. The molecule has 1 unspecified atom stereocenters. The third-order valence-corrected chi connectivity index (χ3v) is 1.41. The van der Waals surface area contributed by atoms with Crippen molar-refractivity contribution < 1.29 is 0 Å². The molecule has 1 nitrogen and oxygen atoms in total. The highest BCUT2D eigenvalue weighted by Crippen LogP contribution is 1.97. The standard InChI is InChI=1S/C7H14NP/c1-4-7(9)8-5-6(2)3/h5H,4,9H2,1-3H3/b8-7-. The highest BCUT2D eigenvalue weighted by atomic mass is 31.0. The minimum atomic E-state index is 1.01. The van der Waals surface area contributed by atoms with Gasteiger partial charge in [0.25, 0.3) is 0 Å². The fraction of sp³-hybridized carbons (Fsp3) is 0.571. The van der Waals surface area contributed by atoms with Gasteiger partial charge in [0, 0.05) is 11.7 Å². The van der Waals surface area contributed by atoms with Gasteiger partial charge in [-0.25, -0.2) is 0 Å². The molecule has 1 atom stereocenters. The number of rotatable bonds is 2. The summed E-state index contributed by atoms with van der Waals surface area (Å²) >= 11 is 0. The largest absolute Gasteiger partial charge is 0.262 e. The highest BCUT2D eigenvalue weighted by Gasteiger charge is 1.80. The van der Waals surface area contributed by atoms with Crippen molar-refractivity contribution in [3.8, 4) is 0 Å². The Morgan fingerprint density at radius 2 is 2.11 bits per heavy atom. The summed E-state index contributed by atoms with van der Waals surface area (Å²) in [5, 5.41) is 0. The molecule has 0 rings (SSSR count). The molecule has 0 N–H and O–H groups in total. The molecule has 0 saturated carbocycles. The average Bonchev–Trinajstić information content (AvgIpc) is 1.83. The third kappa shape index (κ3) is 5.72. The lowest BCUT2D eigenvalue weighted by atomic mass is 10.4. The molecule has 0 spiro atoms. The predicted molar refractivity (Wildman–Crippen MR) is 46.9 cm³/mol. The quantitative estimate of drug-likeness (QED) is 0.416. The van der Waals surface area contributed by atoms with Gasteiger partial charge in [0.2, 0.25) is 0 Å². The number of aliphatic imine (C=N–C) groups is 1. The molecule has 2 heteroatoms. The van der Waals surface area contributed by atoms with Crippen LogP contribution in [0.4, 0.5) is 0 Å². The van der Waals surface area contributed by atoms with Crippen molar-refractivity contribution in [2.24, 2.45) is 4.99 Å². The molecule has 0 fully saturated rings. The van der Waals surface area contributed by atoms with Crippen LogP contribution in [0.1, 0.15) is 27.2 Å². The first-order valence-corrected chi connectivity index (χ1v) is 3.70. The van der Waals surface area contributed by atoms with Crippen LogP contribution in [-0.4, -0.2) is 5.45 Å². The SMILES string of the molecule is CC/C(P)=N/C=C(C)C. The lowest BCUT2D eigenvalue weighted by Crippen LogP contribution is -1.78. The van der Waals surface area contributed by atoms with Gasteiger partial charge in [0.15, 0.2) is 0 Å². The van der Waals surface area contributed by atoms with Crippen LogP contribution in [0.25, 0.3) is 0 Å². The number of hydrogen-bond acceptors (Lipinski definition) is 1.